The summed E-state index contributed by atoms with van der Waals surface area (Å²) in [6, 6.07) is 66.7. The number of furan rings is 2. The maximum atomic E-state index is 11.4. The Hall–Kier alpha value is -7.33. The Balaban J connectivity index is 0.00000445. The van der Waals surface area contributed by atoms with Crippen molar-refractivity contribution in [1.29, 1.82) is 0 Å². The van der Waals surface area contributed by atoms with E-state index < -0.39 is 0 Å². The van der Waals surface area contributed by atoms with Crippen LogP contribution in [0.25, 0.3) is 111 Å². The van der Waals surface area contributed by atoms with Gasteiger partial charge in [0.2, 0.25) is 0 Å². The molecular weight excluding hydrogens is 932 g/mol. The van der Waals surface area contributed by atoms with E-state index in [1.165, 1.54) is 0 Å². The number of aromatic hydroxyl groups is 1. The van der Waals surface area contributed by atoms with Gasteiger partial charge in [-0.05, 0) is 71.6 Å². The number of phenols is 1. The fourth-order valence-corrected chi connectivity index (χ4v) is 8.25. The van der Waals surface area contributed by atoms with Crippen molar-refractivity contribution in [3.8, 4) is 84.4 Å². The monoisotopic (exact) mass is 966 g/mol. The van der Waals surface area contributed by atoms with Crippen molar-refractivity contribution in [3.05, 3.63) is 200 Å². The maximum Gasteiger partial charge on any atom is 0.142 e. The SMILES string of the molecule is Cc1cc(-c2oc(-c3ccc4c(c3)oc3ccccc34)c3ccccc23)cc(-c2[c-]c(-c3cc(-c4ccccc4)cc(-c4ccc(-c5ccccc5)cc4O)n3)ccc2)n1.[Pt]. The Labute approximate surface area is 366 Å². The van der Waals surface area contributed by atoms with E-state index >= 15 is 0 Å². The Morgan fingerprint density at radius 1 is 0.410 bits per heavy atom. The zero-order valence-corrected chi connectivity index (χ0v) is 35.1. The third-order valence-corrected chi connectivity index (χ3v) is 11.1. The van der Waals surface area contributed by atoms with Gasteiger partial charge in [-0.3, -0.25) is 9.97 Å². The number of pyridine rings is 2. The summed E-state index contributed by atoms with van der Waals surface area (Å²) < 4.78 is 13.1. The number of aromatic nitrogens is 2. The van der Waals surface area contributed by atoms with Gasteiger partial charge in [0.25, 0.3) is 0 Å². The predicted molar refractivity (Wildman–Crippen MR) is 242 cm³/mol. The van der Waals surface area contributed by atoms with E-state index in [0.29, 0.717) is 11.3 Å². The Morgan fingerprint density at radius 2 is 0.984 bits per heavy atom. The second-order valence-electron chi connectivity index (χ2n) is 15.1. The molecule has 0 saturated carbocycles. The van der Waals surface area contributed by atoms with Gasteiger partial charge in [0, 0.05) is 76.4 Å². The number of nitrogens with zero attached hydrogens (tertiary/aromatic N) is 2. The number of benzene rings is 7. The minimum absolute atomic E-state index is 0. The smallest absolute Gasteiger partial charge is 0.142 e. The first-order valence-electron chi connectivity index (χ1n) is 19.9. The minimum atomic E-state index is 0. The third-order valence-electron chi connectivity index (χ3n) is 11.1. The quantitative estimate of drug-likeness (QED) is 0.161. The zero-order chi connectivity index (χ0) is 40.2. The Kier molecular flexibility index (Phi) is 9.75. The summed E-state index contributed by atoms with van der Waals surface area (Å²) in [4.78, 5) is 10.1. The van der Waals surface area contributed by atoms with Crippen molar-refractivity contribution in [3.63, 3.8) is 0 Å². The molecule has 0 aliphatic heterocycles. The number of hydrogen-bond acceptors (Lipinski definition) is 5. The summed E-state index contributed by atoms with van der Waals surface area (Å²) in [5.41, 5.74) is 12.9. The second kappa shape index (κ2) is 15.7. The molecular formula is C55H35N2O3Pt-. The van der Waals surface area contributed by atoms with Gasteiger partial charge in [-0.2, -0.15) is 0 Å². The standard InChI is InChI=1S/C55H35N2O3.Pt/c1-34-27-42(55-46-21-9-8-20-45(46)54(60-55)40-24-25-44-43-19-10-11-22-52(43)59-53(44)33-40)31-48(56-34)38-17-12-18-39(28-38)49-29-41(36-15-6-3-7-16-36)30-50(57-49)47-26-23-37(32-51(47)58)35-13-4-2-5-14-35;/h2-27,29-33,58H,1H3;/q-1;. The Bertz CT molecular complexity index is 3410. The van der Waals surface area contributed by atoms with E-state index in [4.69, 9.17) is 18.8 Å². The van der Waals surface area contributed by atoms with Gasteiger partial charge in [0.15, 0.2) is 0 Å². The van der Waals surface area contributed by atoms with Crippen LogP contribution >= 0.6 is 0 Å². The van der Waals surface area contributed by atoms with E-state index in [1.54, 1.807) is 6.07 Å². The first kappa shape index (κ1) is 37.9. The summed E-state index contributed by atoms with van der Waals surface area (Å²) in [6.45, 7) is 2.01. The average molecular weight is 967 g/mol. The van der Waals surface area contributed by atoms with Crippen molar-refractivity contribution in [1.82, 2.24) is 9.97 Å². The van der Waals surface area contributed by atoms with Gasteiger partial charge in [-0.25, -0.2) is 0 Å². The van der Waals surface area contributed by atoms with Crippen molar-refractivity contribution in [2.75, 3.05) is 0 Å². The molecule has 0 spiro atoms. The summed E-state index contributed by atoms with van der Waals surface area (Å²) in [6.07, 6.45) is 0. The van der Waals surface area contributed by atoms with Crippen LogP contribution in [0.15, 0.2) is 197 Å². The van der Waals surface area contributed by atoms with Crippen molar-refractivity contribution in [2.24, 2.45) is 0 Å². The number of rotatable bonds is 7. The Morgan fingerprint density at radius 3 is 1.70 bits per heavy atom. The molecule has 0 aliphatic rings. The normalized spacial score (nSPS) is 11.3. The summed E-state index contributed by atoms with van der Waals surface area (Å²) in [7, 11) is 0. The van der Waals surface area contributed by atoms with E-state index in [-0.39, 0.29) is 26.8 Å². The molecule has 0 unspecified atom stereocenters. The van der Waals surface area contributed by atoms with E-state index in [2.05, 4.69) is 72.8 Å². The van der Waals surface area contributed by atoms with Crippen LogP contribution < -0.4 is 0 Å². The van der Waals surface area contributed by atoms with Gasteiger partial charge in [-0.15, -0.1) is 24.3 Å². The van der Waals surface area contributed by atoms with E-state index in [1.807, 2.05) is 122 Å². The van der Waals surface area contributed by atoms with Crippen LogP contribution in [-0.4, -0.2) is 15.1 Å². The largest absolute Gasteiger partial charge is 0.507 e. The molecule has 11 rings (SSSR count). The van der Waals surface area contributed by atoms with E-state index in [9.17, 15) is 5.11 Å². The van der Waals surface area contributed by atoms with Crippen LogP contribution in [0.5, 0.6) is 5.75 Å². The predicted octanol–water partition coefficient (Wildman–Crippen LogP) is 14.6. The van der Waals surface area contributed by atoms with Gasteiger partial charge >= 0.3 is 0 Å². The maximum absolute atomic E-state index is 11.4. The van der Waals surface area contributed by atoms with Crippen molar-refractivity contribution < 1.29 is 35.0 Å². The molecule has 0 bridgehead atoms. The molecule has 294 valence electrons. The molecule has 0 radical (unpaired) electrons. The van der Waals surface area contributed by atoms with Crippen LogP contribution in [0, 0.1) is 13.0 Å². The molecule has 0 atom stereocenters. The number of para-hydroxylation sites is 1. The van der Waals surface area contributed by atoms with E-state index in [0.717, 1.165) is 106 Å². The number of hydrogen-bond donors (Lipinski definition) is 1. The summed E-state index contributed by atoms with van der Waals surface area (Å²) in [5.74, 6) is 1.72. The summed E-state index contributed by atoms with van der Waals surface area (Å²) in [5, 5.41) is 15.6. The molecule has 0 saturated heterocycles. The fraction of sp³-hybridized carbons (Fsp3) is 0.0182. The summed E-state index contributed by atoms with van der Waals surface area (Å²) >= 11 is 0. The topological polar surface area (TPSA) is 72.3 Å². The van der Waals surface area contributed by atoms with Gasteiger partial charge in [0.05, 0.1) is 5.69 Å². The molecule has 5 nitrogen and oxygen atoms in total. The van der Waals surface area contributed by atoms with Gasteiger partial charge < -0.3 is 13.9 Å². The molecule has 0 fully saturated rings. The van der Waals surface area contributed by atoms with Crippen LogP contribution in [0.1, 0.15) is 5.69 Å². The van der Waals surface area contributed by atoms with Gasteiger partial charge in [0.1, 0.15) is 28.4 Å². The first-order valence-corrected chi connectivity index (χ1v) is 19.9. The number of fused-ring (bicyclic) bond motifs is 4. The minimum Gasteiger partial charge on any atom is -0.507 e. The molecule has 7 aromatic carbocycles. The second-order valence-corrected chi connectivity index (χ2v) is 15.1. The van der Waals surface area contributed by atoms with Crippen LogP contribution in [0.2, 0.25) is 0 Å². The zero-order valence-electron chi connectivity index (χ0n) is 32.9. The van der Waals surface area contributed by atoms with Crippen LogP contribution in [0.4, 0.5) is 0 Å². The molecule has 61 heavy (non-hydrogen) atoms. The molecule has 4 heterocycles. The molecule has 4 aromatic heterocycles. The average Bonchev–Trinajstić information content (AvgIpc) is 3.88. The fourth-order valence-electron chi connectivity index (χ4n) is 8.25. The number of aryl methyl sites for hydroxylation is 1. The van der Waals surface area contributed by atoms with Gasteiger partial charge in [-0.1, -0.05) is 139 Å². The molecule has 0 amide bonds. The third kappa shape index (κ3) is 7.03. The first-order chi connectivity index (χ1) is 29.5. The van der Waals surface area contributed by atoms with Crippen LogP contribution in [-0.2, 0) is 21.1 Å². The number of phenolic OH excluding ortho intramolecular Hbond substituents is 1. The molecule has 11 aromatic rings. The van der Waals surface area contributed by atoms with Crippen molar-refractivity contribution in [2.45, 2.75) is 6.92 Å². The molecule has 1 N–H and O–H groups in total. The van der Waals surface area contributed by atoms with Crippen molar-refractivity contribution >= 4 is 32.7 Å². The molecule has 0 aliphatic carbocycles. The van der Waals surface area contributed by atoms with Crippen LogP contribution in [0.3, 0.4) is 0 Å². The molecule has 6 heteroatoms.